The van der Waals surface area contributed by atoms with Crippen molar-refractivity contribution in [3.63, 3.8) is 0 Å². The van der Waals surface area contributed by atoms with Crippen LogP contribution in [0, 0.1) is 17.1 Å². The smallest absolute Gasteiger partial charge is 0.191 e. The maximum Gasteiger partial charge on any atom is 0.191 e. The van der Waals surface area contributed by atoms with Crippen LogP contribution in [0.5, 0.6) is 0 Å². The number of hydrogen-bond donors (Lipinski definition) is 2. The molecule has 2 fully saturated rings. The zero-order chi connectivity index (χ0) is 17.6. The molecule has 0 aromatic heterocycles. The molecule has 6 heteroatoms. The summed E-state index contributed by atoms with van der Waals surface area (Å²) in [6.45, 7) is 2.54. The summed E-state index contributed by atoms with van der Waals surface area (Å²) in [5, 5.41) is 15.4. The van der Waals surface area contributed by atoms with Crippen LogP contribution in [0.25, 0.3) is 0 Å². The van der Waals surface area contributed by atoms with Crippen molar-refractivity contribution < 1.29 is 4.39 Å². The number of nitrogens with zero attached hydrogens (tertiary/aromatic N) is 3. The van der Waals surface area contributed by atoms with Crippen molar-refractivity contribution >= 4 is 5.96 Å². The number of rotatable bonds is 4. The molecular formula is C19H26FN5. The van der Waals surface area contributed by atoms with Crippen LogP contribution in [0.4, 0.5) is 4.39 Å². The van der Waals surface area contributed by atoms with Crippen LogP contribution in [-0.4, -0.2) is 43.1 Å². The molecule has 0 radical (unpaired) electrons. The number of guanidine groups is 1. The molecule has 25 heavy (non-hydrogen) atoms. The normalized spacial score (nSPS) is 22.1. The Hall–Kier alpha value is -2.13. The average Bonchev–Trinajstić information content (AvgIpc) is 3.30. The largest absolute Gasteiger partial charge is 0.352 e. The van der Waals surface area contributed by atoms with Crippen molar-refractivity contribution in [1.82, 2.24) is 15.5 Å². The Morgan fingerprint density at radius 1 is 1.36 bits per heavy atom. The zero-order valence-electron chi connectivity index (χ0n) is 14.8. The molecule has 1 saturated carbocycles. The van der Waals surface area contributed by atoms with Crippen LogP contribution in [0.3, 0.4) is 0 Å². The Balaban J connectivity index is 1.49. The number of nitrogens with one attached hydrogen (secondary N) is 2. The Morgan fingerprint density at radius 3 is 2.84 bits per heavy atom. The van der Waals surface area contributed by atoms with Gasteiger partial charge in [-0.2, -0.15) is 5.26 Å². The monoisotopic (exact) mass is 343 g/mol. The summed E-state index contributed by atoms with van der Waals surface area (Å²) in [5.41, 5.74) is 0.864. The highest BCUT2D eigenvalue weighted by atomic mass is 19.1. The molecule has 1 unspecified atom stereocenters. The molecule has 1 heterocycles. The van der Waals surface area contributed by atoms with Gasteiger partial charge in [0.25, 0.3) is 0 Å². The van der Waals surface area contributed by atoms with Gasteiger partial charge in [-0.05, 0) is 31.4 Å². The summed E-state index contributed by atoms with van der Waals surface area (Å²) in [4.78, 5) is 6.85. The van der Waals surface area contributed by atoms with E-state index < -0.39 is 0 Å². The van der Waals surface area contributed by atoms with E-state index in [0.717, 1.165) is 25.6 Å². The lowest BCUT2D eigenvalue weighted by Crippen LogP contribution is -2.45. The van der Waals surface area contributed by atoms with Gasteiger partial charge in [0, 0.05) is 44.3 Å². The number of nitriles is 1. The first-order chi connectivity index (χ1) is 12.2. The second-order valence-corrected chi connectivity index (χ2v) is 6.91. The zero-order valence-corrected chi connectivity index (χ0v) is 14.8. The highest BCUT2D eigenvalue weighted by molar-refractivity contribution is 5.80. The van der Waals surface area contributed by atoms with Crippen molar-refractivity contribution in [2.45, 2.75) is 50.7 Å². The first-order valence-corrected chi connectivity index (χ1v) is 9.09. The Kier molecular flexibility index (Phi) is 5.87. The van der Waals surface area contributed by atoms with Gasteiger partial charge in [0.15, 0.2) is 5.96 Å². The topological polar surface area (TPSA) is 63.5 Å². The quantitative estimate of drug-likeness (QED) is 0.651. The van der Waals surface area contributed by atoms with E-state index in [4.69, 9.17) is 5.26 Å². The van der Waals surface area contributed by atoms with Crippen LogP contribution in [0.2, 0.25) is 0 Å². The van der Waals surface area contributed by atoms with Gasteiger partial charge in [-0.15, -0.1) is 0 Å². The maximum absolute atomic E-state index is 14.0. The predicted molar refractivity (Wildman–Crippen MR) is 96.7 cm³/mol. The molecule has 2 N–H and O–H groups in total. The summed E-state index contributed by atoms with van der Waals surface area (Å²) in [7, 11) is 1.73. The first-order valence-electron chi connectivity index (χ1n) is 9.09. The summed E-state index contributed by atoms with van der Waals surface area (Å²) < 4.78 is 14.0. The van der Waals surface area contributed by atoms with E-state index in [1.807, 2.05) is 6.07 Å². The van der Waals surface area contributed by atoms with Crippen molar-refractivity contribution in [3.8, 4) is 6.07 Å². The standard InChI is InChI=1S/C19H26FN5/c1-22-19(23-12-15-7-6-14(11-21)10-18(15)20)24-16-8-9-25(13-16)17-4-2-3-5-17/h6-7,10,16-17H,2-5,8-9,12-13H2,1H3,(H2,22,23,24). The third kappa shape index (κ3) is 4.49. The van der Waals surface area contributed by atoms with Crippen LogP contribution in [-0.2, 0) is 6.54 Å². The Morgan fingerprint density at radius 2 is 2.16 bits per heavy atom. The second kappa shape index (κ2) is 8.30. The lowest BCUT2D eigenvalue weighted by atomic mass is 10.1. The lowest BCUT2D eigenvalue weighted by molar-refractivity contribution is 0.242. The van der Waals surface area contributed by atoms with E-state index in [9.17, 15) is 4.39 Å². The molecule has 0 amide bonds. The molecule has 1 atom stereocenters. The van der Waals surface area contributed by atoms with Gasteiger partial charge in [0.1, 0.15) is 5.82 Å². The molecule has 134 valence electrons. The van der Waals surface area contributed by atoms with Gasteiger partial charge < -0.3 is 10.6 Å². The van der Waals surface area contributed by atoms with Gasteiger partial charge in [-0.3, -0.25) is 9.89 Å². The van der Waals surface area contributed by atoms with E-state index in [-0.39, 0.29) is 5.82 Å². The molecule has 0 spiro atoms. The van der Waals surface area contributed by atoms with E-state index in [0.29, 0.717) is 29.7 Å². The number of aliphatic imine (C=N–C) groups is 1. The molecule has 2 aliphatic rings. The predicted octanol–water partition coefficient (Wildman–Crippen LogP) is 2.38. The third-order valence-electron chi connectivity index (χ3n) is 5.25. The first kappa shape index (κ1) is 17.7. The maximum atomic E-state index is 14.0. The van der Waals surface area contributed by atoms with E-state index in [1.165, 1.54) is 31.7 Å². The number of halogens is 1. The average molecular weight is 343 g/mol. The van der Waals surface area contributed by atoms with E-state index in [2.05, 4.69) is 20.5 Å². The number of likely N-dealkylation sites (tertiary alicyclic amines) is 1. The summed E-state index contributed by atoms with van der Waals surface area (Å²) in [6.07, 6.45) is 6.50. The molecule has 1 aromatic carbocycles. The molecule has 5 nitrogen and oxygen atoms in total. The Bertz CT molecular complexity index is 660. The molecule has 1 aliphatic carbocycles. The number of benzene rings is 1. The summed E-state index contributed by atoms with van der Waals surface area (Å²) in [6, 6.07) is 7.63. The van der Waals surface area contributed by atoms with Crippen LogP contribution >= 0.6 is 0 Å². The minimum absolute atomic E-state index is 0.335. The molecule has 1 aromatic rings. The van der Waals surface area contributed by atoms with Gasteiger partial charge in [0.05, 0.1) is 11.6 Å². The molecule has 0 bridgehead atoms. The van der Waals surface area contributed by atoms with Crippen molar-refractivity contribution in [3.05, 3.63) is 35.1 Å². The molecule has 3 rings (SSSR count). The highest BCUT2D eigenvalue weighted by Gasteiger charge is 2.30. The van der Waals surface area contributed by atoms with E-state index in [1.54, 1.807) is 19.2 Å². The Labute approximate surface area is 148 Å². The number of hydrogen-bond acceptors (Lipinski definition) is 3. The highest BCUT2D eigenvalue weighted by Crippen LogP contribution is 2.26. The van der Waals surface area contributed by atoms with Gasteiger partial charge in [-0.1, -0.05) is 18.9 Å². The van der Waals surface area contributed by atoms with Crippen LogP contribution in [0.1, 0.15) is 43.2 Å². The fraction of sp³-hybridized carbons (Fsp3) is 0.579. The van der Waals surface area contributed by atoms with Crippen LogP contribution < -0.4 is 10.6 Å². The van der Waals surface area contributed by atoms with Crippen LogP contribution in [0.15, 0.2) is 23.2 Å². The minimum Gasteiger partial charge on any atom is -0.352 e. The van der Waals surface area contributed by atoms with Crippen molar-refractivity contribution in [2.24, 2.45) is 4.99 Å². The molecular weight excluding hydrogens is 317 g/mol. The third-order valence-corrected chi connectivity index (χ3v) is 5.25. The van der Waals surface area contributed by atoms with Gasteiger partial charge in [-0.25, -0.2) is 4.39 Å². The van der Waals surface area contributed by atoms with Gasteiger partial charge >= 0.3 is 0 Å². The fourth-order valence-electron chi connectivity index (χ4n) is 3.83. The fourth-order valence-corrected chi connectivity index (χ4v) is 3.83. The van der Waals surface area contributed by atoms with Crippen molar-refractivity contribution in [2.75, 3.05) is 20.1 Å². The molecule has 1 aliphatic heterocycles. The summed E-state index contributed by atoms with van der Waals surface area (Å²) in [5.74, 6) is 0.331. The minimum atomic E-state index is -0.365. The second-order valence-electron chi connectivity index (χ2n) is 6.91. The van der Waals surface area contributed by atoms with E-state index >= 15 is 0 Å². The van der Waals surface area contributed by atoms with Gasteiger partial charge in [0.2, 0.25) is 0 Å². The summed E-state index contributed by atoms with van der Waals surface area (Å²) >= 11 is 0. The van der Waals surface area contributed by atoms with Crippen molar-refractivity contribution in [1.29, 1.82) is 5.26 Å². The SMILES string of the molecule is CN=C(NCc1ccc(C#N)cc1F)NC1CCN(C2CCCC2)C1. The lowest BCUT2D eigenvalue weighted by Gasteiger charge is -2.24. The molecule has 1 saturated heterocycles.